The first-order chi connectivity index (χ1) is 17.0. The van der Waals surface area contributed by atoms with E-state index in [1.165, 1.54) is 6.42 Å². The number of hydrogen-bond donors (Lipinski definition) is 1. The van der Waals surface area contributed by atoms with E-state index >= 15 is 0 Å². The highest BCUT2D eigenvalue weighted by Gasteiger charge is 2.29. The van der Waals surface area contributed by atoms with Crippen LogP contribution in [0.2, 0.25) is 5.02 Å². The van der Waals surface area contributed by atoms with Crippen LogP contribution in [0.3, 0.4) is 0 Å². The predicted octanol–water partition coefficient (Wildman–Crippen LogP) is 5.87. The SMILES string of the molecule is CCN1CCC[C@H]1CNC(=O)c1ccc2c(c1)N(Cc1ccccc1Cl)C(=O)c1ccccc1S2. The molecule has 35 heavy (non-hydrogen) atoms. The minimum atomic E-state index is -0.118. The highest BCUT2D eigenvalue weighted by molar-refractivity contribution is 7.99. The van der Waals surface area contributed by atoms with Gasteiger partial charge in [-0.3, -0.25) is 14.5 Å². The van der Waals surface area contributed by atoms with Crippen molar-refractivity contribution in [2.45, 2.75) is 42.1 Å². The molecule has 5 nitrogen and oxygen atoms in total. The van der Waals surface area contributed by atoms with Crippen molar-refractivity contribution < 1.29 is 9.59 Å². The number of benzene rings is 3. The summed E-state index contributed by atoms with van der Waals surface area (Å²) in [4.78, 5) is 32.8. The third kappa shape index (κ3) is 4.96. The van der Waals surface area contributed by atoms with Crippen molar-refractivity contribution in [1.82, 2.24) is 10.2 Å². The van der Waals surface area contributed by atoms with Gasteiger partial charge in [-0.2, -0.15) is 0 Å². The number of amides is 2. The lowest BCUT2D eigenvalue weighted by atomic mass is 10.1. The van der Waals surface area contributed by atoms with Gasteiger partial charge in [-0.05, 0) is 67.9 Å². The third-order valence-corrected chi connectivity index (χ3v) is 8.29. The van der Waals surface area contributed by atoms with Crippen molar-refractivity contribution in [3.8, 4) is 0 Å². The number of rotatable bonds is 6. The lowest BCUT2D eigenvalue weighted by Gasteiger charge is -2.25. The number of likely N-dealkylation sites (tertiary alicyclic amines) is 1. The fourth-order valence-electron chi connectivity index (χ4n) is 4.87. The van der Waals surface area contributed by atoms with E-state index in [-0.39, 0.29) is 11.8 Å². The Morgan fingerprint density at radius 3 is 2.71 bits per heavy atom. The van der Waals surface area contributed by atoms with Crippen LogP contribution in [0, 0.1) is 0 Å². The van der Waals surface area contributed by atoms with Crippen molar-refractivity contribution in [1.29, 1.82) is 0 Å². The van der Waals surface area contributed by atoms with Gasteiger partial charge in [0.15, 0.2) is 0 Å². The summed E-state index contributed by atoms with van der Waals surface area (Å²) in [5, 5.41) is 3.73. The maximum Gasteiger partial charge on any atom is 0.259 e. The van der Waals surface area contributed by atoms with Gasteiger partial charge in [-0.1, -0.05) is 60.6 Å². The van der Waals surface area contributed by atoms with Gasteiger partial charge in [0.2, 0.25) is 0 Å². The second kappa shape index (κ2) is 10.4. The number of nitrogens with one attached hydrogen (secondary N) is 1. The van der Waals surface area contributed by atoms with E-state index in [4.69, 9.17) is 11.6 Å². The molecule has 1 atom stereocenters. The molecule has 1 saturated heterocycles. The number of likely N-dealkylation sites (N-methyl/N-ethyl adjacent to an activating group) is 1. The Bertz CT molecular complexity index is 1260. The molecule has 1 N–H and O–H groups in total. The van der Waals surface area contributed by atoms with Crippen LogP contribution in [-0.2, 0) is 6.54 Å². The van der Waals surface area contributed by atoms with Crippen molar-refractivity contribution in [3.63, 3.8) is 0 Å². The Balaban J connectivity index is 1.47. The number of fused-ring (bicyclic) bond motifs is 2. The van der Waals surface area contributed by atoms with Gasteiger partial charge in [-0.25, -0.2) is 0 Å². The predicted molar refractivity (Wildman–Crippen MR) is 142 cm³/mol. The quantitative estimate of drug-likeness (QED) is 0.455. The fraction of sp³-hybridized carbons (Fsp3) is 0.286. The van der Waals surface area contributed by atoms with Gasteiger partial charge < -0.3 is 10.2 Å². The van der Waals surface area contributed by atoms with Gasteiger partial charge in [0.1, 0.15) is 0 Å². The van der Waals surface area contributed by atoms with E-state index in [0.29, 0.717) is 35.3 Å². The van der Waals surface area contributed by atoms with E-state index in [0.717, 1.165) is 40.6 Å². The highest BCUT2D eigenvalue weighted by atomic mass is 35.5. The Hall–Kier alpha value is -2.80. The molecule has 0 aromatic heterocycles. The zero-order chi connectivity index (χ0) is 24.4. The van der Waals surface area contributed by atoms with Gasteiger partial charge in [-0.15, -0.1) is 0 Å². The smallest absolute Gasteiger partial charge is 0.259 e. The molecule has 2 aliphatic rings. The Morgan fingerprint density at radius 1 is 1.09 bits per heavy atom. The molecular formula is C28H28ClN3O2S. The van der Waals surface area contributed by atoms with Crippen LogP contribution in [-0.4, -0.2) is 42.4 Å². The Labute approximate surface area is 215 Å². The zero-order valence-electron chi connectivity index (χ0n) is 19.7. The molecule has 180 valence electrons. The van der Waals surface area contributed by atoms with Crippen molar-refractivity contribution in [2.75, 3.05) is 24.5 Å². The molecular weight excluding hydrogens is 478 g/mol. The first kappa shape index (κ1) is 23.9. The normalized spacial score (nSPS) is 17.6. The molecule has 0 radical (unpaired) electrons. The summed E-state index contributed by atoms with van der Waals surface area (Å²) in [7, 11) is 0. The molecule has 2 aliphatic heterocycles. The number of halogens is 1. The third-order valence-electron chi connectivity index (χ3n) is 6.78. The molecule has 2 heterocycles. The topological polar surface area (TPSA) is 52.7 Å². The summed E-state index contributed by atoms with van der Waals surface area (Å²) >= 11 is 8.01. The van der Waals surface area contributed by atoms with E-state index in [2.05, 4.69) is 17.1 Å². The first-order valence-electron chi connectivity index (χ1n) is 12.0. The molecule has 2 amide bonds. The molecule has 7 heteroatoms. The Kier molecular flexibility index (Phi) is 7.14. The van der Waals surface area contributed by atoms with Gasteiger partial charge >= 0.3 is 0 Å². The summed E-state index contributed by atoms with van der Waals surface area (Å²) in [6.45, 7) is 5.20. The highest BCUT2D eigenvalue weighted by Crippen LogP contribution is 2.42. The van der Waals surface area contributed by atoms with Crippen LogP contribution >= 0.6 is 23.4 Å². The van der Waals surface area contributed by atoms with E-state index < -0.39 is 0 Å². The van der Waals surface area contributed by atoms with Crippen LogP contribution in [0.1, 0.15) is 46.0 Å². The van der Waals surface area contributed by atoms with Crippen molar-refractivity contribution >= 4 is 40.9 Å². The maximum atomic E-state index is 13.7. The molecule has 0 spiro atoms. The van der Waals surface area contributed by atoms with Crippen molar-refractivity contribution in [3.05, 3.63) is 88.4 Å². The number of hydrogen-bond acceptors (Lipinski definition) is 4. The summed E-state index contributed by atoms with van der Waals surface area (Å²) in [5.74, 6) is -0.221. The van der Waals surface area contributed by atoms with Crippen LogP contribution in [0.5, 0.6) is 0 Å². The minimum absolute atomic E-state index is 0.103. The molecule has 0 aliphatic carbocycles. The average Bonchev–Trinajstić information content (AvgIpc) is 3.30. The van der Waals surface area contributed by atoms with Gasteiger partial charge in [0.05, 0.1) is 17.8 Å². The summed E-state index contributed by atoms with van der Waals surface area (Å²) in [5.41, 5.74) is 2.77. The average molecular weight is 506 g/mol. The van der Waals surface area contributed by atoms with Crippen molar-refractivity contribution in [2.24, 2.45) is 0 Å². The van der Waals surface area contributed by atoms with Crippen LogP contribution in [0.15, 0.2) is 76.5 Å². The second-order valence-corrected chi connectivity index (χ2v) is 10.4. The zero-order valence-corrected chi connectivity index (χ0v) is 21.2. The largest absolute Gasteiger partial charge is 0.350 e. The van der Waals surface area contributed by atoms with Crippen LogP contribution in [0.25, 0.3) is 0 Å². The monoisotopic (exact) mass is 505 g/mol. The lowest BCUT2D eigenvalue weighted by molar-refractivity contribution is 0.0938. The minimum Gasteiger partial charge on any atom is -0.350 e. The number of carbonyl (C=O) groups is 2. The van der Waals surface area contributed by atoms with E-state index in [1.54, 1.807) is 16.7 Å². The van der Waals surface area contributed by atoms with Crippen LogP contribution in [0.4, 0.5) is 5.69 Å². The molecule has 3 aromatic rings. The van der Waals surface area contributed by atoms with E-state index in [9.17, 15) is 9.59 Å². The molecule has 3 aromatic carbocycles. The number of anilines is 1. The molecule has 0 saturated carbocycles. The standard InChI is InChI=1S/C28H28ClN3O2S/c1-2-31-15-7-9-21(31)17-30-27(33)19-13-14-26-24(16-19)32(18-20-8-3-5-11-23(20)29)28(34)22-10-4-6-12-25(22)35-26/h3-6,8,10-14,16,21H,2,7,9,15,17-18H2,1H3,(H,30,33)/t21-/m0/s1. The fourth-order valence-corrected chi connectivity index (χ4v) is 6.12. The van der Waals surface area contributed by atoms with Crippen LogP contribution < -0.4 is 10.2 Å². The summed E-state index contributed by atoms with van der Waals surface area (Å²) in [6.07, 6.45) is 2.28. The Morgan fingerprint density at radius 2 is 1.89 bits per heavy atom. The maximum absolute atomic E-state index is 13.7. The first-order valence-corrected chi connectivity index (χ1v) is 13.2. The summed E-state index contributed by atoms with van der Waals surface area (Å²) in [6, 6.07) is 21.2. The number of nitrogens with zero attached hydrogens (tertiary/aromatic N) is 2. The molecule has 1 fully saturated rings. The molecule has 0 unspecified atom stereocenters. The molecule has 5 rings (SSSR count). The van der Waals surface area contributed by atoms with Gasteiger partial charge in [0.25, 0.3) is 11.8 Å². The van der Waals surface area contributed by atoms with Gasteiger partial charge in [0, 0.05) is 33.0 Å². The second-order valence-electron chi connectivity index (χ2n) is 8.90. The summed E-state index contributed by atoms with van der Waals surface area (Å²) < 4.78 is 0. The number of carbonyl (C=O) groups excluding carboxylic acids is 2. The van der Waals surface area contributed by atoms with E-state index in [1.807, 2.05) is 66.7 Å². The molecule has 0 bridgehead atoms. The lowest BCUT2D eigenvalue weighted by Crippen LogP contribution is -2.40.